The lowest BCUT2D eigenvalue weighted by molar-refractivity contribution is 0.662. The molecule has 0 unspecified atom stereocenters. The third-order valence-corrected chi connectivity index (χ3v) is 17.1. The molecule has 4 aliphatic rings. The van der Waals surface area contributed by atoms with E-state index >= 15 is 0 Å². The molecule has 3 aliphatic heterocycles. The standard InChI is InChI=1S/C51H47N7Si3/c1-51(2)40-21-13-12-18-38(40)39-20-14-19-35(45(39)51)33-24-26-34(27-25-33)37-29-31-44(50-47(37)54-61(7,8)57-50)58(42-23-15-22-41-48(42)55-59(3,4)52-41)43-30-28-36(32-16-10-9-11-17-32)46-49(43)56-60(5,6)53-46/h9-31H,1-8H3. The normalized spacial score (nSPS) is 17.2. The molecule has 7 aromatic rings. The second kappa shape index (κ2) is 13.1. The van der Waals surface area contributed by atoms with Gasteiger partial charge in [-0.15, -0.1) is 0 Å². The fraction of sp³-hybridized carbons (Fsp3) is 0.176. The van der Waals surface area contributed by atoms with Gasteiger partial charge >= 0.3 is 0 Å². The van der Waals surface area contributed by atoms with Crippen molar-refractivity contribution in [3.63, 3.8) is 0 Å². The minimum absolute atomic E-state index is 0.0974. The lowest BCUT2D eigenvalue weighted by Gasteiger charge is -2.26. The van der Waals surface area contributed by atoms with E-state index in [1.165, 1.54) is 33.4 Å². The summed E-state index contributed by atoms with van der Waals surface area (Å²) in [6.07, 6.45) is 0. The molecule has 0 aromatic heterocycles. The molecule has 10 heteroatoms. The molecule has 0 fully saturated rings. The molecule has 0 atom stereocenters. The van der Waals surface area contributed by atoms with Gasteiger partial charge in [-0.1, -0.05) is 129 Å². The molecular weight excluding hydrogens is 795 g/mol. The topological polar surface area (TPSA) is 77.4 Å². The third-order valence-electron chi connectivity index (χ3n) is 12.5. The summed E-state index contributed by atoms with van der Waals surface area (Å²) in [6.45, 7) is 18.0. The Bertz CT molecular complexity index is 3430. The summed E-state index contributed by atoms with van der Waals surface area (Å²) in [5.41, 5.74) is 15.2. The first-order chi connectivity index (χ1) is 29.2. The fourth-order valence-corrected chi connectivity index (χ4v) is 14.8. The molecule has 0 N–H and O–H groups in total. The highest BCUT2D eigenvalue weighted by molar-refractivity contribution is 6.75. The van der Waals surface area contributed by atoms with Crippen molar-refractivity contribution in [1.29, 1.82) is 0 Å². The number of hydrogen-bond acceptors (Lipinski definition) is 7. The second-order valence-corrected chi connectivity index (χ2v) is 28.9. The fourth-order valence-electron chi connectivity index (χ4n) is 9.98. The SMILES string of the molecule is CC1(C)c2ccccc2-c2cccc(-c3ccc(-c4ccc(N(c5cccc6c5=N[Si](C)(C)N=6)c5ccc(-c6ccccc6)c6c5=N[Si](C)(C)N=6)c5c4=N[Si](C)(C)N=5)cc3)c21. The molecule has 0 radical (unpaired) electrons. The molecule has 3 heterocycles. The van der Waals surface area contributed by atoms with E-state index in [-0.39, 0.29) is 5.41 Å². The van der Waals surface area contributed by atoms with E-state index < -0.39 is 25.2 Å². The number of nitrogens with zero attached hydrogens (tertiary/aromatic N) is 7. The molecule has 11 rings (SSSR count). The lowest BCUT2D eigenvalue weighted by atomic mass is 9.79. The van der Waals surface area contributed by atoms with Gasteiger partial charge in [-0.05, 0) is 108 Å². The Balaban J connectivity index is 1.10. The molecular formula is C51H47N7Si3. The Morgan fingerprint density at radius 2 is 0.820 bits per heavy atom. The largest absolute Gasteiger partial charge is 0.304 e. The second-order valence-electron chi connectivity index (χ2n) is 18.6. The zero-order valence-corrected chi connectivity index (χ0v) is 38.9. The van der Waals surface area contributed by atoms with Gasteiger partial charge in [-0.2, -0.15) is 0 Å². The van der Waals surface area contributed by atoms with Gasteiger partial charge in [0.2, 0.25) is 0 Å². The Hall–Kier alpha value is -6.21. The number of hydrogen-bond donors (Lipinski definition) is 0. The summed E-state index contributed by atoms with van der Waals surface area (Å²) < 4.78 is 32.4. The molecule has 0 saturated heterocycles. The average Bonchev–Trinajstić information content (AvgIpc) is 3.93. The van der Waals surface area contributed by atoms with Crippen LogP contribution in [0.3, 0.4) is 0 Å². The smallest absolute Gasteiger partial charge is 0.298 e. The van der Waals surface area contributed by atoms with Gasteiger partial charge in [0.15, 0.2) is 0 Å². The van der Waals surface area contributed by atoms with Crippen molar-refractivity contribution in [1.82, 2.24) is 0 Å². The molecule has 0 amide bonds. The molecule has 1 aliphatic carbocycles. The van der Waals surface area contributed by atoms with Crippen LogP contribution in [-0.2, 0) is 5.41 Å². The van der Waals surface area contributed by atoms with Gasteiger partial charge in [0.1, 0.15) is 0 Å². The Kier molecular flexibility index (Phi) is 8.14. The molecule has 0 bridgehead atoms. The highest BCUT2D eigenvalue weighted by Gasteiger charge is 2.38. The van der Waals surface area contributed by atoms with Crippen LogP contribution in [0.5, 0.6) is 0 Å². The Morgan fingerprint density at radius 1 is 0.361 bits per heavy atom. The van der Waals surface area contributed by atoms with Crippen LogP contribution in [0.2, 0.25) is 39.3 Å². The molecule has 0 spiro atoms. The van der Waals surface area contributed by atoms with E-state index in [2.05, 4.69) is 198 Å². The number of benzene rings is 7. The van der Waals surface area contributed by atoms with E-state index in [4.69, 9.17) is 27.9 Å². The van der Waals surface area contributed by atoms with Crippen LogP contribution in [0.15, 0.2) is 167 Å². The van der Waals surface area contributed by atoms with E-state index in [0.29, 0.717) is 0 Å². The quantitative estimate of drug-likeness (QED) is 0.154. The van der Waals surface area contributed by atoms with Crippen LogP contribution in [0.4, 0.5) is 17.1 Å². The van der Waals surface area contributed by atoms with Crippen LogP contribution in [0, 0.1) is 0 Å². The van der Waals surface area contributed by atoms with Crippen LogP contribution in [-0.4, -0.2) is 25.2 Å². The Labute approximate surface area is 359 Å². The highest BCUT2D eigenvalue weighted by Crippen LogP contribution is 2.52. The van der Waals surface area contributed by atoms with Crippen molar-refractivity contribution >= 4 is 42.3 Å². The summed E-state index contributed by atoms with van der Waals surface area (Å²) in [7, 11) is -6.96. The van der Waals surface area contributed by atoms with Gasteiger partial charge in [0.05, 0.1) is 49.2 Å². The zero-order valence-electron chi connectivity index (χ0n) is 35.9. The summed E-state index contributed by atoms with van der Waals surface area (Å²) in [6, 6.07) is 50.5. The minimum Gasteiger partial charge on any atom is -0.304 e. The van der Waals surface area contributed by atoms with E-state index in [9.17, 15) is 0 Å². The first-order valence-corrected chi connectivity index (χ1v) is 29.9. The predicted octanol–water partition coefficient (Wildman–Crippen LogP) is 9.33. The van der Waals surface area contributed by atoms with Gasteiger partial charge < -0.3 is 4.90 Å². The van der Waals surface area contributed by atoms with Crippen LogP contribution < -0.4 is 37.0 Å². The minimum atomic E-state index is -2.40. The van der Waals surface area contributed by atoms with Gasteiger partial charge in [0.25, 0.3) is 25.2 Å². The van der Waals surface area contributed by atoms with E-state index in [1.54, 1.807) is 0 Å². The van der Waals surface area contributed by atoms with Crippen LogP contribution in [0.1, 0.15) is 25.0 Å². The maximum Gasteiger partial charge on any atom is 0.298 e. The first kappa shape index (κ1) is 37.8. The van der Waals surface area contributed by atoms with Gasteiger partial charge in [-0.25, -0.2) is 0 Å². The Morgan fingerprint density at radius 3 is 1.46 bits per heavy atom. The summed E-state index contributed by atoms with van der Waals surface area (Å²) >= 11 is 0. The maximum absolute atomic E-state index is 5.53. The van der Waals surface area contributed by atoms with Crippen molar-refractivity contribution in [2.75, 3.05) is 4.90 Å². The van der Waals surface area contributed by atoms with E-state index in [0.717, 1.165) is 71.5 Å². The van der Waals surface area contributed by atoms with E-state index in [1.807, 2.05) is 0 Å². The maximum atomic E-state index is 5.53. The molecule has 7 aromatic carbocycles. The van der Waals surface area contributed by atoms with Crippen LogP contribution in [0.25, 0.3) is 44.5 Å². The van der Waals surface area contributed by atoms with Gasteiger partial charge in [0, 0.05) is 16.5 Å². The number of rotatable bonds is 6. The third kappa shape index (κ3) is 6.02. The lowest BCUT2D eigenvalue weighted by Crippen LogP contribution is -2.38. The molecule has 298 valence electrons. The van der Waals surface area contributed by atoms with Crippen molar-refractivity contribution in [3.05, 3.63) is 183 Å². The van der Waals surface area contributed by atoms with Crippen molar-refractivity contribution in [2.24, 2.45) is 27.9 Å². The zero-order chi connectivity index (χ0) is 42.1. The molecule has 0 saturated carbocycles. The predicted molar refractivity (Wildman–Crippen MR) is 254 cm³/mol. The average molecular weight is 842 g/mol. The van der Waals surface area contributed by atoms with Crippen LogP contribution >= 0.6 is 0 Å². The van der Waals surface area contributed by atoms with Crippen molar-refractivity contribution in [2.45, 2.75) is 58.5 Å². The molecule has 61 heavy (non-hydrogen) atoms. The van der Waals surface area contributed by atoms with Crippen molar-refractivity contribution < 1.29 is 0 Å². The monoisotopic (exact) mass is 841 g/mol. The number of anilines is 3. The highest BCUT2D eigenvalue weighted by atomic mass is 28.4. The number of fused-ring (bicyclic) bond motifs is 6. The summed E-state index contributed by atoms with van der Waals surface area (Å²) in [5, 5.41) is 5.59. The first-order valence-electron chi connectivity index (χ1n) is 21.2. The summed E-state index contributed by atoms with van der Waals surface area (Å²) in [5.74, 6) is 0. The molecule has 7 nitrogen and oxygen atoms in total. The van der Waals surface area contributed by atoms with Gasteiger partial charge in [-0.3, -0.25) is 27.9 Å². The van der Waals surface area contributed by atoms with Crippen molar-refractivity contribution in [3.8, 4) is 44.5 Å². The summed E-state index contributed by atoms with van der Waals surface area (Å²) in [4.78, 5) is 2.34.